The Labute approximate surface area is 181 Å². The van der Waals surface area contributed by atoms with Crippen molar-refractivity contribution in [2.75, 3.05) is 6.61 Å². The zero-order valence-electron chi connectivity index (χ0n) is 16.8. The van der Waals surface area contributed by atoms with Crippen molar-refractivity contribution in [2.45, 2.75) is 45.8 Å². The molecule has 29 heavy (non-hydrogen) atoms. The lowest BCUT2D eigenvalue weighted by molar-refractivity contribution is -0.143. The molecule has 1 N–H and O–H groups in total. The number of nitrogens with zero attached hydrogens (tertiary/aromatic N) is 1. The minimum atomic E-state index is -0.670. The number of rotatable bonds is 9. The number of hydrogen-bond acceptors (Lipinski definition) is 3. The van der Waals surface area contributed by atoms with E-state index in [1.807, 2.05) is 39.0 Å². The summed E-state index contributed by atoms with van der Waals surface area (Å²) in [5.74, 6) is 0.0330. The van der Waals surface area contributed by atoms with Gasteiger partial charge >= 0.3 is 0 Å². The van der Waals surface area contributed by atoms with Gasteiger partial charge in [0, 0.05) is 28.2 Å². The normalized spacial score (nSPS) is 11.8. The summed E-state index contributed by atoms with van der Waals surface area (Å²) in [7, 11) is 0. The summed E-state index contributed by atoms with van der Waals surface area (Å²) in [4.78, 5) is 27.3. The number of para-hydroxylation sites is 1. The number of nitrogens with one attached hydrogen (secondary N) is 1. The third kappa shape index (κ3) is 6.65. The van der Waals surface area contributed by atoms with Crippen LogP contribution in [0.15, 0.2) is 48.5 Å². The van der Waals surface area contributed by atoms with E-state index < -0.39 is 6.04 Å². The molecule has 0 aliphatic rings. The molecule has 2 rings (SSSR count). The predicted octanol–water partition coefficient (Wildman–Crippen LogP) is 4.70. The number of halogens is 2. The zero-order chi connectivity index (χ0) is 21.4. The average molecular weight is 437 g/mol. The van der Waals surface area contributed by atoms with Crippen LogP contribution >= 0.6 is 23.2 Å². The second-order valence-corrected chi connectivity index (χ2v) is 7.73. The Morgan fingerprint density at radius 1 is 1.03 bits per heavy atom. The molecule has 2 aromatic carbocycles. The van der Waals surface area contributed by atoms with E-state index in [1.165, 1.54) is 4.90 Å². The lowest BCUT2D eigenvalue weighted by Crippen LogP contribution is -2.51. The number of benzene rings is 2. The average Bonchev–Trinajstić information content (AvgIpc) is 2.68. The third-order valence-electron chi connectivity index (χ3n) is 4.31. The van der Waals surface area contributed by atoms with Crippen LogP contribution in [0.2, 0.25) is 10.0 Å². The highest BCUT2D eigenvalue weighted by Crippen LogP contribution is 2.27. The van der Waals surface area contributed by atoms with Crippen LogP contribution < -0.4 is 10.1 Å². The lowest BCUT2D eigenvalue weighted by atomic mass is 10.1. The molecule has 0 aliphatic carbocycles. The fourth-order valence-electron chi connectivity index (χ4n) is 2.90. The molecule has 2 amide bonds. The molecule has 0 aromatic heterocycles. The molecular weight excluding hydrogens is 411 g/mol. The highest BCUT2D eigenvalue weighted by atomic mass is 35.5. The van der Waals surface area contributed by atoms with Crippen molar-refractivity contribution < 1.29 is 14.3 Å². The van der Waals surface area contributed by atoms with Crippen LogP contribution in [0.4, 0.5) is 0 Å². The van der Waals surface area contributed by atoms with Crippen molar-refractivity contribution in [3.8, 4) is 5.75 Å². The molecule has 7 heteroatoms. The first-order valence-corrected chi connectivity index (χ1v) is 10.3. The van der Waals surface area contributed by atoms with E-state index in [9.17, 15) is 9.59 Å². The summed E-state index contributed by atoms with van der Waals surface area (Å²) < 4.78 is 5.61. The van der Waals surface area contributed by atoms with E-state index in [0.717, 1.165) is 0 Å². The Hall–Kier alpha value is -2.24. The Balaban J connectivity index is 2.27. The highest BCUT2D eigenvalue weighted by molar-refractivity contribution is 6.36. The van der Waals surface area contributed by atoms with Gasteiger partial charge in [0.25, 0.3) is 5.91 Å². The first-order chi connectivity index (χ1) is 13.8. The van der Waals surface area contributed by atoms with Crippen molar-refractivity contribution in [1.82, 2.24) is 10.2 Å². The molecule has 0 spiro atoms. The van der Waals surface area contributed by atoms with Gasteiger partial charge in [0.1, 0.15) is 11.8 Å². The molecule has 0 bridgehead atoms. The smallest absolute Gasteiger partial charge is 0.261 e. The monoisotopic (exact) mass is 436 g/mol. The molecule has 2 aromatic rings. The van der Waals surface area contributed by atoms with Gasteiger partial charge in [0.15, 0.2) is 6.61 Å². The standard InChI is InChI=1S/C22H26Cl2N2O3/c1-4-20(22(28)25-15(2)3)26(13-17-18(23)11-8-12-19(17)24)21(27)14-29-16-9-6-5-7-10-16/h5-12,15,20H,4,13-14H2,1-3H3,(H,25,28). The van der Waals surface area contributed by atoms with Crippen molar-refractivity contribution in [2.24, 2.45) is 0 Å². The molecule has 0 saturated heterocycles. The van der Waals surface area contributed by atoms with Crippen molar-refractivity contribution in [1.29, 1.82) is 0 Å². The summed E-state index contributed by atoms with van der Waals surface area (Å²) in [6, 6.07) is 13.5. The first-order valence-electron chi connectivity index (χ1n) is 9.54. The molecule has 0 heterocycles. The largest absolute Gasteiger partial charge is 0.484 e. The van der Waals surface area contributed by atoms with Crippen LogP contribution in [-0.2, 0) is 16.1 Å². The van der Waals surface area contributed by atoms with Gasteiger partial charge in [-0.25, -0.2) is 0 Å². The van der Waals surface area contributed by atoms with Crippen LogP contribution in [0, 0.1) is 0 Å². The van der Waals surface area contributed by atoms with E-state index >= 15 is 0 Å². The maximum Gasteiger partial charge on any atom is 0.261 e. The Bertz CT molecular complexity index is 808. The molecular formula is C22H26Cl2N2O3. The second kappa shape index (κ2) is 11.1. The topological polar surface area (TPSA) is 58.6 Å². The van der Waals surface area contributed by atoms with Crippen LogP contribution in [0.3, 0.4) is 0 Å². The highest BCUT2D eigenvalue weighted by Gasteiger charge is 2.30. The lowest BCUT2D eigenvalue weighted by Gasteiger charge is -2.31. The van der Waals surface area contributed by atoms with Gasteiger partial charge in [-0.05, 0) is 44.5 Å². The zero-order valence-corrected chi connectivity index (χ0v) is 18.3. The second-order valence-electron chi connectivity index (χ2n) is 6.91. The SMILES string of the molecule is CCC(C(=O)NC(C)C)N(Cc1c(Cl)cccc1Cl)C(=O)COc1ccccc1. The van der Waals surface area contributed by atoms with Crippen molar-refractivity contribution in [3.63, 3.8) is 0 Å². The molecule has 1 atom stereocenters. The molecule has 0 saturated carbocycles. The molecule has 5 nitrogen and oxygen atoms in total. The molecule has 0 radical (unpaired) electrons. The summed E-state index contributed by atoms with van der Waals surface area (Å²) in [5, 5.41) is 3.76. The fourth-order valence-corrected chi connectivity index (χ4v) is 3.42. The molecule has 0 aliphatic heterocycles. The van der Waals surface area contributed by atoms with Gasteiger partial charge in [-0.15, -0.1) is 0 Å². The van der Waals surface area contributed by atoms with E-state index in [0.29, 0.717) is 27.8 Å². The maximum absolute atomic E-state index is 13.1. The minimum Gasteiger partial charge on any atom is -0.484 e. The van der Waals surface area contributed by atoms with Gasteiger partial charge in [-0.2, -0.15) is 0 Å². The minimum absolute atomic E-state index is 0.0435. The summed E-state index contributed by atoms with van der Waals surface area (Å²) >= 11 is 12.6. The summed E-state index contributed by atoms with van der Waals surface area (Å²) in [5.41, 5.74) is 0.597. The van der Waals surface area contributed by atoms with Crippen LogP contribution in [0.1, 0.15) is 32.8 Å². The van der Waals surface area contributed by atoms with Gasteiger partial charge in [0.05, 0.1) is 0 Å². The first kappa shape index (κ1) is 23.0. The third-order valence-corrected chi connectivity index (χ3v) is 5.02. The van der Waals surface area contributed by atoms with Crippen molar-refractivity contribution in [3.05, 3.63) is 64.1 Å². The molecule has 1 unspecified atom stereocenters. The summed E-state index contributed by atoms with van der Waals surface area (Å²) in [6.07, 6.45) is 0.442. The number of carbonyl (C=O) groups excluding carboxylic acids is 2. The Morgan fingerprint density at radius 3 is 2.21 bits per heavy atom. The van der Waals surface area contributed by atoms with E-state index in [4.69, 9.17) is 27.9 Å². The van der Waals surface area contributed by atoms with E-state index in [2.05, 4.69) is 5.32 Å². The van der Waals surface area contributed by atoms with Crippen LogP contribution in [0.25, 0.3) is 0 Å². The van der Waals surface area contributed by atoms with Gasteiger partial charge in [-0.1, -0.05) is 54.4 Å². The molecule has 0 fully saturated rings. The van der Waals surface area contributed by atoms with Gasteiger partial charge < -0.3 is 15.0 Å². The fraction of sp³-hybridized carbons (Fsp3) is 0.364. The molecule has 156 valence electrons. The van der Waals surface area contributed by atoms with Gasteiger partial charge in [0.2, 0.25) is 5.91 Å². The van der Waals surface area contributed by atoms with Gasteiger partial charge in [-0.3, -0.25) is 9.59 Å². The number of amides is 2. The van der Waals surface area contributed by atoms with Crippen molar-refractivity contribution >= 4 is 35.0 Å². The predicted molar refractivity (Wildman–Crippen MR) is 116 cm³/mol. The number of ether oxygens (including phenoxy) is 1. The van der Waals surface area contributed by atoms with Crippen LogP contribution in [-0.4, -0.2) is 35.4 Å². The number of carbonyl (C=O) groups is 2. The summed E-state index contributed by atoms with van der Waals surface area (Å²) in [6.45, 7) is 5.52. The van der Waals surface area contributed by atoms with Crippen LogP contribution in [0.5, 0.6) is 5.75 Å². The number of hydrogen-bond donors (Lipinski definition) is 1. The quantitative estimate of drug-likeness (QED) is 0.619. The van der Waals surface area contributed by atoms with E-state index in [-0.39, 0.29) is 31.0 Å². The Kier molecular flexibility index (Phi) is 8.80. The van der Waals surface area contributed by atoms with E-state index in [1.54, 1.807) is 30.3 Å². The Morgan fingerprint density at radius 2 is 1.66 bits per heavy atom. The maximum atomic E-state index is 13.1.